The van der Waals surface area contributed by atoms with Crippen molar-refractivity contribution in [2.45, 2.75) is 33.4 Å². The molecule has 0 aliphatic heterocycles. The van der Waals surface area contributed by atoms with Gasteiger partial charge in [-0.2, -0.15) is 0 Å². The molecule has 0 spiro atoms. The Hall–Kier alpha value is -1.95. The highest BCUT2D eigenvalue weighted by Gasteiger charge is 2.28. The molecule has 3 N–H and O–H groups in total. The fraction of sp³-hybridized carbons (Fsp3) is 0.462. The van der Waals surface area contributed by atoms with Crippen molar-refractivity contribution in [1.82, 2.24) is 5.32 Å². The second-order valence-corrected chi connectivity index (χ2v) is 5.51. The number of nitro benzene ring substituents is 1. The zero-order valence-corrected chi connectivity index (χ0v) is 11.3. The van der Waals surface area contributed by atoms with Gasteiger partial charge in [0.25, 0.3) is 5.69 Å². The van der Waals surface area contributed by atoms with E-state index in [0.29, 0.717) is 6.54 Å². The van der Waals surface area contributed by atoms with Crippen molar-refractivity contribution < 1.29 is 9.72 Å². The number of amides is 1. The molecule has 0 aliphatic rings. The van der Waals surface area contributed by atoms with Gasteiger partial charge in [-0.1, -0.05) is 32.9 Å². The third kappa shape index (κ3) is 4.33. The number of benzene rings is 1. The molecular weight excluding hydrogens is 246 g/mol. The molecule has 0 unspecified atom stereocenters. The van der Waals surface area contributed by atoms with E-state index in [9.17, 15) is 14.9 Å². The number of nitro groups is 1. The molecule has 0 radical (unpaired) electrons. The van der Waals surface area contributed by atoms with Crippen molar-refractivity contribution in [3.8, 4) is 0 Å². The molecule has 0 saturated heterocycles. The van der Waals surface area contributed by atoms with Gasteiger partial charge in [0.2, 0.25) is 5.91 Å². The maximum Gasteiger partial charge on any atom is 0.269 e. The molecule has 0 aliphatic carbocycles. The number of carbonyl (C=O) groups excluding carboxylic acids is 1. The normalized spacial score (nSPS) is 13.0. The highest BCUT2D eigenvalue weighted by atomic mass is 16.6. The molecule has 6 nitrogen and oxygen atoms in total. The average molecular weight is 265 g/mol. The van der Waals surface area contributed by atoms with Crippen molar-refractivity contribution >= 4 is 11.6 Å². The molecule has 19 heavy (non-hydrogen) atoms. The fourth-order valence-corrected chi connectivity index (χ4v) is 1.83. The lowest BCUT2D eigenvalue weighted by Gasteiger charge is -2.28. The topological polar surface area (TPSA) is 98.3 Å². The molecule has 1 aromatic rings. The van der Waals surface area contributed by atoms with E-state index in [1.165, 1.54) is 12.1 Å². The second kappa shape index (κ2) is 5.79. The van der Waals surface area contributed by atoms with E-state index >= 15 is 0 Å². The van der Waals surface area contributed by atoms with Crippen LogP contribution >= 0.6 is 0 Å². The van der Waals surface area contributed by atoms with Gasteiger partial charge < -0.3 is 11.1 Å². The second-order valence-electron chi connectivity index (χ2n) is 5.51. The first-order valence-electron chi connectivity index (χ1n) is 5.98. The Kier molecular flexibility index (Phi) is 4.61. The van der Waals surface area contributed by atoms with Gasteiger partial charge in [0.05, 0.1) is 11.0 Å². The first-order valence-corrected chi connectivity index (χ1v) is 5.98. The number of rotatable bonds is 5. The Labute approximate surface area is 112 Å². The quantitative estimate of drug-likeness (QED) is 0.623. The Morgan fingerprint density at radius 2 is 2.11 bits per heavy atom. The molecule has 0 saturated carbocycles. The summed E-state index contributed by atoms with van der Waals surface area (Å²) in [5, 5.41) is 13.7. The predicted octanol–water partition coefficient (Wildman–Crippen LogP) is 1.58. The summed E-state index contributed by atoms with van der Waals surface area (Å²) < 4.78 is 0. The Morgan fingerprint density at radius 3 is 2.58 bits per heavy atom. The van der Waals surface area contributed by atoms with E-state index in [1.54, 1.807) is 12.1 Å². The van der Waals surface area contributed by atoms with Gasteiger partial charge in [0.1, 0.15) is 0 Å². The number of nitrogens with two attached hydrogens (primary N) is 1. The lowest BCUT2D eigenvalue weighted by Crippen LogP contribution is -2.49. The van der Waals surface area contributed by atoms with E-state index < -0.39 is 16.9 Å². The molecule has 0 aromatic heterocycles. The molecular formula is C13H19N3O3. The summed E-state index contributed by atoms with van der Waals surface area (Å²) in [5.41, 5.74) is 5.82. The Balaban J connectivity index is 2.78. The third-order valence-electron chi connectivity index (χ3n) is 2.78. The zero-order chi connectivity index (χ0) is 14.6. The van der Waals surface area contributed by atoms with Crippen LogP contribution in [0.3, 0.4) is 0 Å². The lowest BCUT2D eigenvalue weighted by atomic mass is 9.86. The van der Waals surface area contributed by atoms with Gasteiger partial charge in [-0.05, 0) is 11.0 Å². The smallest absolute Gasteiger partial charge is 0.269 e. The number of hydrogen-bond donors (Lipinski definition) is 2. The van der Waals surface area contributed by atoms with Gasteiger partial charge in [0, 0.05) is 18.7 Å². The monoisotopic (exact) mass is 265 g/mol. The summed E-state index contributed by atoms with van der Waals surface area (Å²) >= 11 is 0. The molecule has 1 rings (SSSR count). The maximum absolute atomic E-state index is 11.4. The largest absolute Gasteiger partial charge is 0.368 e. The van der Waals surface area contributed by atoms with Gasteiger partial charge >= 0.3 is 0 Å². The number of primary amides is 1. The Bertz CT molecular complexity index is 480. The van der Waals surface area contributed by atoms with Crippen molar-refractivity contribution in [2.75, 3.05) is 0 Å². The zero-order valence-electron chi connectivity index (χ0n) is 11.3. The van der Waals surface area contributed by atoms with Crippen LogP contribution in [-0.2, 0) is 11.3 Å². The number of carbonyl (C=O) groups is 1. The number of nitrogens with one attached hydrogen (secondary N) is 1. The average Bonchev–Trinajstić information content (AvgIpc) is 2.27. The van der Waals surface area contributed by atoms with E-state index in [0.717, 1.165) is 5.56 Å². The summed E-state index contributed by atoms with van der Waals surface area (Å²) in [6, 6.07) is 5.80. The van der Waals surface area contributed by atoms with Crippen LogP contribution in [-0.4, -0.2) is 16.9 Å². The van der Waals surface area contributed by atoms with Crippen molar-refractivity contribution in [2.24, 2.45) is 11.1 Å². The van der Waals surface area contributed by atoms with E-state index in [4.69, 9.17) is 5.73 Å². The van der Waals surface area contributed by atoms with Crippen LogP contribution in [0.1, 0.15) is 26.3 Å². The summed E-state index contributed by atoms with van der Waals surface area (Å²) in [6.45, 7) is 6.07. The molecule has 1 aromatic carbocycles. The van der Waals surface area contributed by atoms with Crippen molar-refractivity contribution in [3.05, 3.63) is 39.9 Å². The van der Waals surface area contributed by atoms with Gasteiger partial charge in [-0.25, -0.2) is 0 Å². The SMILES string of the molecule is CC(C)(C)[C@H](NCc1cccc([N+](=O)[O-])c1)C(N)=O. The molecule has 1 atom stereocenters. The minimum Gasteiger partial charge on any atom is -0.368 e. The lowest BCUT2D eigenvalue weighted by molar-refractivity contribution is -0.384. The molecule has 0 heterocycles. The maximum atomic E-state index is 11.4. The highest BCUT2D eigenvalue weighted by Crippen LogP contribution is 2.20. The molecule has 6 heteroatoms. The molecule has 0 bridgehead atoms. The van der Waals surface area contributed by atoms with Gasteiger partial charge in [-0.15, -0.1) is 0 Å². The summed E-state index contributed by atoms with van der Waals surface area (Å²) in [7, 11) is 0. The van der Waals surface area contributed by atoms with E-state index in [2.05, 4.69) is 5.32 Å². The molecule has 1 amide bonds. The first-order chi connectivity index (χ1) is 8.71. The van der Waals surface area contributed by atoms with Crippen LogP contribution in [0.2, 0.25) is 0 Å². The fourth-order valence-electron chi connectivity index (χ4n) is 1.83. The number of nitrogens with zero attached hydrogens (tertiary/aromatic N) is 1. The van der Waals surface area contributed by atoms with Gasteiger partial charge in [0.15, 0.2) is 0 Å². The van der Waals surface area contributed by atoms with Crippen LogP contribution in [0.15, 0.2) is 24.3 Å². The summed E-state index contributed by atoms with van der Waals surface area (Å²) in [6.07, 6.45) is 0. The number of hydrogen-bond acceptors (Lipinski definition) is 4. The summed E-state index contributed by atoms with van der Waals surface area (Å²) in [5.74, 6) is -0.432. The van der Waals surface area contributed by atoms with Crippen molar-refractivity contribution in [1.29, 1.82) is 0 Å². The number of non-ortho nitro benzene ring substituents is 1. The molecule has 104 valence electrons. The predicted molar refractivity (Wildman–Crippen MR) is 72.4 cm³/mol. The van der Waals surface area contributed by atoms with Gasteiger partial charge in [-0.3, -0.25) is 14.9 Å². The van der Waals surface area contributed by atoms with Crippen molar-refractivity contribution in [3.63, 3.8) is 0 Å². The van der Waals surface area contributed by atoms with Crippen LogP contribution < -0.4 is 11.1 Å². The van der Waals surface area contributed by atoms with E-state index in [-0.39, 0.29) is 11.1 Å². The Morgan fingerprint density at radius 1 is 1.47 bits per heavy atom. The van der Waals surface area contributed by atoms with Crippen LogP contribution in [0, 0.1) is 15.5 Å². The minimum absolute atomic E-state index is 0.0330. The first kappa shape index (κ1) is 15.1. The van der Waals surface area contributed by atoms with Crippen LogP contribution in [0.25, 0.3) is 0 Å². The minimum atomic E-state index is -0.494. The van der Waals surface area contributed by atoms with Crippen LogP contribution in [0.5, 0.6) is 0 Å². The third-order valence-corrected chi connectivity index (χ3v) is 2.78. The standard InChI is InChI=1S/C13H19N3O3/c1-13(2,3)11(12(14)17)15-8-9-5-4-6-10(7-9)16(18)19/h4-7,11,15H,8H2,1-3H3,(H2,14,17)/t11-/m1/s1. The van der Waals surface area contributed by atoms with E-state index in [1.807, 2.05) is 20.8 Å². The highest BCUT2D eigenvalue weighted by molar-refractivity contribution is 5.80. The summed E-state index contributed by atoms with van der Waals surface area (Å²) in [4.78, 5) is 21.6. The van der Waals surface area contributed by atoms with Crippen LogP contribution in [0.4, 0.5) is 5.69 Å². The molecule has 0 fully saturated rings.